The molecule has 0 bridgehead atoms. The molecule has 1 aromatic heterocycles. The topological polar surface area (TPSA) is 62.7 Å². The van der Waals surface area contributed by atoms with E-state index < -0.39 is 0 Å². The lowest BCUT2D eigenvalue weighted by molar-refractivity contribution is 1.28. The fourth-order valence-electron chi connectivity index (χ4n) is 1.89. The highest BCUT2D eigenvalue weighted by atomic mass is 32.2. The highest BCUT2D eigenvalue weighted by Gasteiger charge is 2.07. The summed E-state index contributed by atoms with van der Waals surface area (Å²) < 4.78 is 2.08. The van der Waals surface area contributed by atoms with Gasteiger partial charge in [-0.05, 0) is 48.9 Å². The quantitative estimate of drug-likeness (QED) is 0.720. The van der Waals surface area contributed by atoms with Crippen molar-refractivity contribution in [2.24, 2.45) is 0 Å². The number of thiazole rings is 1. The van der Waals surface area contributed by atoms with Crippen LogP contribution in [0.15, 0.2) is 45.6 Å². The molecule has 0 aliphatic rings. The van der Waals surface area contributed by atoms with E-state index >= 15 is 0 Å². The van der Waals surface area contributed by atoms with Crippen LogP contribution < -0.4 is 5.73 Å². The summed E-state index contributed by atoms with van der Waals surface area (Å²) in [6, 6.07) is 13.7. The van der Waals surface area contributed by atoms with Crippen molar-refractivity contribution in [1.29, 1.82) is 5.26 Å². The van der Waals surface area contributed by atoms with Crippen molar-refractivity contribution in [3.8, 4) is 6.07 Å². The Hall–Kier alpha value is -2.03. The number of nitrogens with zero attached hydrogens (tertiary/aromatic N) is 2. The van der Waals surface area contributed by atoms with Crippen LogP contribution in [-0.4, -0.2) is 4.98 Å². The molecule has 3 nitrogen and oxygen atoms in total. The molecular formula is C15H11N3S2. The second-order valence-corrected chi connectivity index (χ2v) is 6.75. The van der Waals surface area contributed by atoms with Crippen molar-refractivity contribution in [1.82, 2.24) is 4.98 Å². The van der Waals surface area contributed by atoms with Gasteiger partial charge in [0.15, 0.2) is 4.34 Å². The number of aromatic nitrogens is 1. The number of hydrogen-bond donors (Lipinski definition) is 1. The van der Waals surface area contributed by atoms with E-state index in [9.17, 15) is 0 Å². The number of benzene rings is 2. The van der Waals surface area contributed by atoms with E-state index in [1.807, 2.05) is 43.3 Å². The lowest BCUT2D eigenvalue weighted by atomic mass is 10.1. The van der Waals surface area contributed by atoms with E-state index in [0.717, 1.165) is 30.7 Å². The Kier molecular flexibility index (Phi) is 3.35. The molecule has 5 heteroatoms. The molecule has 0 unspecified atom stereocenters. The molecule has 0 spiro atoms. The molecule has 1 heterocycles. The van der Waals surface area contributed by atoms with Crippen LogP contribution in [0.25, 0.3) is 10.2 Å². The summed E-state index contributed by atoms with van der Waals surface area (Å²) in [7, 11) is 0. The monoisotopic (exact) mass is 297 g/mol. The molecule has 0 aliphatic heterocycles. The molecule has 0 amide bonds. The largest absolute Gasteiger partial charge is 0.399 e. The average molecular weight is 297 g/mol. The maximum Gasteiger partial charge on any atom is 0.155 e. The molecule has 3 aromatic rings. The first kappa shape index (κ1) is 13.0. The predicted octanol–water partition coefficient (Wildman–Crippen LogP) is 4.21. The Morgan fingerprint density at radius 1 is 1.25 bits per heavy atom. The van der Waals surface area contributed by atoms with Crippen LogP contribution in [0.3, 0.4) is 0 Å². The van der Waals surface area contributed by atoms with Crippen molar-refractivity contribution >= 4 is 39.0 Å². The first-order chi connectivity index (χ1) is 9.65. The van der Waals surface area contributed by atoms with E-state index in [1.165, 1.54) is 0 Å². The fraction of sp³-hybridized carbons (Fsp3) is 0.0667. The summed E-state index contributed by atoms with van der Waals surface area (Å²) in [5.41, 5.74) is 9.21. The number of aryl methyl sites for hydroxylation is 1. The molecular weight excluding hydrogens is 286 g/mol. The molecule has 3 rings (SSSR count). The molecule has 0 saturated carbocycles. The minimum atomic E-state index is 0.714. The van der Waals surface area contributed by atoms with E-state index in [2.05, 4.69) is 11.1 Å². The fourth-order valence-corrected chi connectivity index (χ4v) is 4.08. The lowest BCUT2D eigenvalue weighted by Crippen LogP contribution is -1.82. The minimum Gasteiger partial charge on any atom is -0.399 e. The van der Waals surface area contributed by atoms with Crippen LogP contribution in [0.4, 0.5) is 5.69 Å². The van der Waals surface area contributed by atoms with Crippen molar-refractivity contribution in [2.45, 2.75) is 16.2 Å². The summed E-state index contributed by atoms with van der Waals surface area (Å²) in [6.07, 6.45) is 0. The number of rotatable bonds is 2. The molecule has 0 saturated heterocycles. The molecule has 2 N–H and O–H groups in total. The third-order valence-corrected chi connectivity index (χ3v) is 4.98. The Labute approximate surface area is 125 Å². The van der Waals surface area contributed by atoms with Gasteiger partial charge in [-0.15, -0.1) is 11.3 Å². The van der Waals surface area contributed by atoms with Crippen LogP contribution in [-0.2, 0) is 0 Å². The van der Waals surface area contributed by atoms with Gasteiger partial charge in [-0.1, -0.05) is 11.8 Å². The lowest BCUT2D eigenvalue weighted by Gasteiger charge is -2.01. The van der Waals surface area contributed by atoms with Crippen molar-refractivity contribution in [3.05, 3.63) is 47.5 Å². The van der Waals surface area contributed by atoms with Gasteiger partial charge in [0.1, 0.15) is 0 Å². The average Bonchev–Trinajstić information content (AvgIpc) is 2.80. The Bertz CT molecular complexity index is 831. The van der Waals surface area contributed by atoms with Crippen LogP contribution in [0, 0.1) is 18.3 Å². The number of fused-ring (bicyclic) bond motifs is 1. The first-order valence-electron chi connectivity index (χ1n) is 6.00. The number of nitrogens with two attached hydrogens (primary N) is 1. The summed E-state index contributed by atoms with van der Waals surface area (Å²) in [6.45, 7) is 1.95. The third-order valence-electron chi connectivity index (χ3n) is 2.92. The Morgan fingerprint density at radius 2 is 2.10 bits per heavy atom. The maximum atomic E-state index is 8.94. The van der Waals surface area contributed by atoms with Gasteiger partial charge < -0.3 is 5.73 Å². The second-order valence-electron chi connectivity index (χ2n) is 4.40. The number of anilines is 1. The van der Waals surface area contributed by atoms with Crippen LogP contribution >= 0.6 is 23.1 Å². The van der Waals surface area contributed by atoms with Gasteiger partial charge in [0.05, 0.1) is 21.8 Å². The summed E-state index contributed by atoms with van der Waals surface area (Å²) in [4.78, 5) is 5.67. The van der Waals surface area contributed by atoms with Gasteiger partial charge in [-0.3, -0.25) is 0 Å². The van der Waals surface area contributed by atoms with Gasteiger partial charge in [-0.25, -0.2) is 4.98 Å². The van der Waals surface area contributed by atoms with Crippen molar-refractivity contribution in [2.75, 3.05) is 5.73 Å². The summed E-state index contributed by atoms with van der Waals surface area (Å²) in [5, 5.41) is 8.94. The van der Waals surface area contributed by atoms with E-state index in [0.29, 0.717) is 5.56 Å². The maximum absolute atomic E-state index is 8.94. The number of hydrogen-bond acceptors (Lipinski definition) is 5. The first-order valence-corrected chi connectivity index (χ1v) is 7.64. The van der Waals surface area contributed by atoms with Crippen molar-refractivity contribution in [3.63, 3.8) is 0 Å². The zero-order valence-corrected chi connectivity index (χ0v) is 12.4. The summed E-state index contributed by atoms with van der Waals surface area (Å²) >= 11 is 3.24. The van der Waals surface area contributed by atoms with E-state index in [1.54, 1.807) is 23.1 Å². The number of nitrogen functional groups attached to an aromatic ring is 1. The van der Waals surface area contributed by atoms with E-state index in [-0.39, 0.29) is 0 Å². The van der Waals surface area contributed by atoms with E-state index in [4.69, 9.17) is 11.0 Å². The summed E-state index contributed by atoms with van der Waals surface area (Å²) in [5.74, 6) is 0. The zero-order chi connectivity index (χ0) is 14.1. The van der Waals surface area contributed by atoms with Crippen LogP contribution in [0.1, 0.15) is 11.1 Å². The highest BCUT2D eigenvalue weighted by molar-refractivity contribution is 8.01. The Morgan fingerprint density at radius 3 is 2.85 bits per heavy atom. The Balaban J connectivity index is 1.93. The normalized spacial score (nSPS) is 10.6. The molecule has 20 heavy (non-hydrogen) atoms. The van der Waals surface area contributed by atoms with Gasteiger partial charge in [0, 0.05) is 10.6 Å². The molecule has 0 atom stereocenters. The molecule has 2 aromatic carbocycles. The smallest absolute Gasteiger partial charge is 0.155 e. The predicted molar refractivity (Wildman–Crippen MR) is 84.0 cm³/mol. The highest BCUT2D eigenvalue weighted by Crippen LogP contribution is 2.35. The van der Waals surface area contributed by atoms with Gasteiger partial charge in [0.2, 0.25) is 0 Å². The standard InChI is InChI=1S/C15H11N3S2/c1-9-6-12(4-2-10(9)8-16)19-15-18-13-5-3-11(17)7-14(13)20-15/h2-7H,17H2,1H3. The SMILES string of the molecule is Cc1cc(Sc2nc3ccc(N)cc3s2)ccc1C#N. The van der Waals surface area contributed by atoms with Gasteiger partial charge in [-0.2, -0.15) is 5.26 Å². The van der Waals surface area contributed by atoms with Gasteiger partial charge in [0.25, 0.3) is 0 Å². The molecule has 0 radical (unpaired) electrons. The molecule has 0 fully saturated rings. The minimum absolute atomic E-state index is 0.714. The second kappa shape index (κ2) is 5.16. The van der Waals surface area contributed by atoms with Crippen LogP contribution in [0.5, 0.6) is 0 Å². The van der Waals surface area contributed by atoms with Crippen molar-refractivity contribution < 1.29 is 0 Å². The third kappa shape index (κ3) is 2.48. The van der Waals surface area contributed by atoms with Gasteiger partial charge >= 0.3 is 0 Å². The molecule has 98 valence electrons. The molecule has 0 aliphatic carbocycles. The van der Waals surface area contributed by atoms with Crippen LogP contribution in [0.2, 0.25) is 0 Å². The zero-order valence-electron chi connectivity index (χ0n) is 10.8. The number of nitriles is 1.